The van der Waals surface area contributed by atoms with Crippen molar-refractivity contribution in [3.63, 3.8) is 0 Å². The van der Waals surface area contributed by atoms with Crippen molar-refractivity contribution < 1.29 is 9.53 Å². The van der Waals surface area contributed by atoms with Crippen LogP contribution in [0, 0.1) is 13.8 Å². The highest BCUT2D eigenvalue weighted by Crippen LogP contribution is 2.30. The van der Waals surface area contributed by atoms with Crippen molar-refractivity contribution in [3.8, 4) is 11.5 Å². The van der Waals surface area contributed by atoms with E-state index in [1.807, 2.05) is 56.3 Å². The lowest BCUT2D eigenvalue weighted by atomic mass is 10.2. The molecule has 1 saturated heterocycles. The number of anilines is 3. The molecule has 9 heteroatoms. The fourth-order valence-corrected chi connectivity index (χ4v) is 4.10. The predicted molar refractivity (Wildman–Crippen MR) is 140 cm³/mol. The van der Waals surface area contributed by atoms with Gasteiger partial charge in [-0.1, -0.05) is 6.58 Å². The van der Waals surface area contributed by atoms with Gasteiger partial charge in [-0.15, -0.1) is 0 Å². The molecule has 1 aliphatic rings. The Kier molecular flexibility index (Phi) is 6.44. The Balaban J connectivity index is 1.35. The third-order valence-electron chi connectivity index (χ3n) is 6.11. The van der Waals surface area contributed by atoms with Crippen LogP contribution in [0.2, 0.25) is 0 Å². The zero-order chi connectivity index (χ0) is 25.1. The second-order valence-electron chi connectivity index (χ2n) is 8.62. The van der Waals surface area contributed by atoms with Crippen LogP contribution in [-0.4, -0.2) is 56.9 Å². The lowest BCUT2D eigenvalue weighted by molar-refractivity contribution is -0.126. The van der Waals surface area contributed by atoms with Gasteiger partial charge in [0.05, 0.1) is 11.7 Å². The van der Waals surface area contributed by atoms with Gasteiger partial charge in [0.1, 0.15) is 29.2 Å². The molecule has 5 rings (SSSR count). The monoisotopic (exact) mass is 481 g/mol. The van der Waals surface area contributed by atoms with E-state index in [0.717, 1.165) is 34.0 Å². The second kappa shape index (κ2) is 9.99. The molecule has 182 valence electrons. The van der Waals surface area contributed by atoms with Gasteiger partial charge in [0.2, 0.25) is 5.91 Å². The molecule has 1 fully saturated rings. The zero-order valence-corrected chi connectivity index (χ0v) is 20.3. The molecule has 0 aliphatic carbocycles. The highest BCUT2D eigenvalue weighted by atomic mass is 16.5. The Hall–Kier alpha value is -4.53. The van der Waals surface area contributed by atoms with Gasteiger partial charge in [-0.3, -0.25) is 9.78 Å². The molecule has 9 nitrogen and oxygen atoms in total. The third kappa shape index (κ3) is 4.95. The number of amides is 1. The Bertz CT molecular complexity index is 1410. The number of aryl methyl sites for hydroxylation is 2. The van der Waals surface area contributed by atoms with Gasteiger partial charge >= 0.3 is 0 Å². The number of benzene rings is 1. The topological polar surface area (TPSA) is 96.4 Å². The van der Waals surface area contributed by atoms with Crippen LogP contribution in [0.25, 0.3) is 11.0 Å². The average Bonchev–Trinajstić information content (AvgIpc) is 2.91. The number of nitrogens with zero attached hydrogens (tertiary/aromatic N) is 6. The molecular weight excluding hydrogens is 454 g/mol. The molecule has 0 radical (unpaired) electrons. The van der Waals surface area contributed by atoms with Crippen LogP contribution >= 0.6 is 0 Å². The molecule has 0 saturated carbocycles. The number of hydrogen-bond acceptors (Lipinski definition) is 8. The first kappa shape index (κ1) is 23.2. The number of carbonyl (C=O) groups excluding carboxylic acids is 1. The first-order chi connectivity index (χ1) is 17.5. The van der Waals surface area contributed by atoms with E-state index >= 15 is 0 Å². The third-order valence-corrected chi connectivity index (χ3v) is 6.11. The number of aromatic nitrogens is 4. The lowest BCUT2D eigenvalue weighted by Crippen LogP contribution is -2.48. The number of ether oxygens (including phenoxy) is 1. The molecule has 0 bridgehead atoms. The van der Waals surface area contributed by atoms with Gasteiger partial charge < -0.3 is 19.9 Å². The number of carbonyl (C=O) groups is 1. The molecule has 0 unspecified atom stereocenters. The first-order valence-electron chi connectivity index (χ1n) is 11.8. The Morgan fingerprint density at radius 2 is 1.86 bits per heavy atom. The Morgan fingerprint density at radius 1 is 1.03 bits per heavy atom. The zero-order valence-electron chi connectivity index (χ0n) is 20.3. The summed E-state index contributed by atoms with van der Waals surface area (Å²) in [6.07, 6.45) is 4.61. The summed E-state index contributed by atoms with van der Waals surface area (Å²) in [6, 6.07) is 13.6. The standard InChI is InChI=1S/C27H27N7O2/c1-4-25(35)34-13-11-33(12-14-34)24-10-8-22-26(32-24)27(30-17-29-22)31-20-6-9-23(18(2)15-20)36-21-7-5-19(3)28-16-21/h4-10,15-17H,1,11-14H2,2-3H3,(H,29,30,31). The molecule has 4 heterocycles. The largest absolute Gasteiger partial charge is 0.455 e. The van der Waals surface area contributed by atoms with Crippen LogP contribution in [-0.2, 0) is 4.79 Å². The summed E-state index contributed by atoms with van der Waals surface area (Å²) in [5.41, 5.74) is 4.21. The number of nitrogens with one attached hydrogen (secondary N) is 1. The van der Waals surface area contributed by atoms with Crippen molar-refractivity contribution in [1.29, 1.82) is 0 Å². The fourth-order valence-electron chi connectivity index (χ4n) is 4.10. The minimum absolute atomic E-state index is 0.0387. The number of piperazine rings is 1. The molecule has 3 aromatic heterocycles. The van der Waals surface area contributed by atoms with Gasteiger partial charge in [-0.05, 0) is 68.0 Å². The van der Waals surface area contributed by atoms with Crippen LogP contribution in [0.3, 0.4) is 0 Å². The normalized spacial score (nSPS) is 13.5. The van der Waals surface area contributed by atoms with E-state index in [4.69, 9.17) is 9.72 Å². The van der Waals surface area contributed by atoms with Gasteiger partial charge in [-0.2, -0.15) is 0 Å². The number of hydrogen-bond donors (Lipinski definition) is 1. The number of rotatable bonds is 6. The van der Waals surface area contributed by atoms with Crippen LogP contribution in [0.1, 0.15) is 11.3 Å². The summed E-state index contributed by atoms with van der Waals surface area (Å²) in [7, 11) is 0. The van der Waals surface area contributed by atoms with E-state index in [9.17, 15) is 4.79 Å². The molecule has 1 aromatic carbocycles. The summed E-state index contributed by atoms with van der Waals surface area (Å²) >= 11 is 0. The Morgan fingerprint density at radius 3 is 2.58 bits per heavy atom. The van der Waals surface area contributed by atoms with Crippen molar-refractivity contribution >= 4 is 34.3 Å². The Labute approximate surface area is 209 Å². The van der Waals surface area contributed by atoms with Crippen LogP contribution in [0.4, 0.5) is 17.3 Å². The minimum atomic E-state index is -0.0387. The van der Waals surface area contributed by atoms with Crippen molar-refractivity contribution in [1.82, 2.24) is 24.8 Å². The molecule has 0 atom stereocenters. The van der Waals surface area contributed by atoms with Crippen molar-refractivity contribution in [2.24, 2.45) is 0 Å². The summed E-state index contributed by atoms with van der Waals surface area (Å²) in [4.78, 5) is 33.8. The second-order valence-corrected chi connectivity index (χ2v) is 8.62. The summed E-state index contributed by atoms with van der Waals surface area (Å²) in [5, 5.41) is 3.38. The molecule has 1 amide bonds. The summed E-state index contributed by atoms with van der Waals surface area (Å²) < 4.78 is 5.99. The quantitative estimate of drug-likeness (QED) is 0.405. The minimum Gasteiger partial charge on any atom is -0.455 e. The summed E-state index contributed by atoms with van der Waals surface area (Å²) in [6.45, 7) is 10.2. The number of fused-ring (bicyclic) bond motifs is 1. The maximum absolute atomic E-state index is 11.9. The maximum atomic E-state index is 11.9. The van der Waals surface area contributed by atoms with E-state index in [1.54, 1.807) is 11.1 Å². The maximum Gasteiger partial charge on any atom is 0.246 e. The molecule has 0 spiro atoms. The van der Waals surface area contributed by atoms with Crippen molar-refractivity contribution in [2.75, 3.05) is 36.4 Å². The predicted octanol–water partition coefficient (Wildman–Crippen LogP) is 4.41. The smallest absolute Gasteiger partial charge is 0.246 e. The van der Waals surface area contributed by atoms with Gasteiger partial charge in [0, 0.05) is 37.6 Å². The molecule has 1 N–H and O–H groups in total. The lowest BCUT2D eigenvalue weighted by Gasteiger charge is -2.35. The first-order valence-corrected chi connectivity index (χ1v) is 11.8. The van der Waals surface area contributed by atoms with E-state index in [0.29, 0.717) is 43.3 Å². The molecule has 36 heavy (non-hydrogen) atoms. The van der Waals surface area contributed by atoms with Gasteiger partial charge in [0.25, 0.3) is 0 Å². The number of pyridine rings is 2. The van der Waals surface area contributed by atoms with Crippen LogP contribution in [0.15, 0.2) is 67.6 Å². The van der Waals surface area contributed by atoms with Crippen molar-refractivity contribution in [2.45, 2.75) is 13.8 Å². The van der Waals surface area contributed by atoms with E-state index in [1.165, 1.54) is 12.4 Å². The van der Waals surface area contributed by atoms with E-state index in [-0.39, 0.29) is 5.91 Å². The SMILES string of the molecule is C=CC(=O)N1CCN(c2ccc3ncnc(Nc4ccc(Oc5ccc(C)nc5)c(C)c4)c3n2)CC1. The van der Waals surface area contributed by atoms with Crippen LogP contribution < -0.4 is 15.0 Å². The average molecular weight is 482 g/mol. The molecule has 1 aliphatic heterocycles. The molecule has 4 aromatic rings. The molecular formula is C27H27N7O2. The van der Waals surface area contributed by atoms with E-state index in [2.05, 4.69) is 31.7 Å². The summed E-state index contributed by atoms with van der Waals surface area (Å²) in [5.74, 6) is 2.87. The van der Waals surface area contributed by atoms with Gasteiger partial charge in [0.15, 0.2) is 5.82 Å². The van der Waals surface area contributed by atoms with Gasteiger partial charge in [-0.25, -0.2) is 15.0 Å². The van der Waals surface area contributed by atoms with Crippen molar-refractivity contribution in [3.05, 3.63) is 78.9 Å². The fraction of sp³-hybridized carbons (Fsp3) is 0.222. The van der Waals surface area contributed by atoms with E-state index < -0.39 is 0 Å². The highest BCUT2D eigenvalue weighted by molar-refractivity contribution is 5.88. The highest BCUT2D eigenvalue weighted by Gasteiger charge is 2.21. The van der Waals surface area contributed by atoms with Crippen LogP contribution in [0.5, 0.6) is 11.5 Å².